The van der Waals surface area contributed by atoms with Crippen molar-refractivity contribution in [1.29, 1.82) is 0 Å². The minimum atomic E-state index is -5.21. The van der Waals surface area contributed by atoms with Gasteiger partial charge < -0.3 is 4.90 Å². The van der Waals surface area contributed by atoms with E-state index in [4.69, 9.17) is 0 Å². The van der Waals surface area contributed by atoms with E-state index >= 15 is 0 Å². The van der Waals surface area contributed by atoms with E-state index in [0.717, 1.165) is 0 Å². The number of quaternary nitrogens is 1. The van der Waals surface area contributed by atoms with Gasteiger partial charge in [0.05, 0.1) is 21.1 Å². The third-order valence-electron chi connectivity index (χ3n) is 1.20. The van der Waals surface area contributed by atoms with Crippen LogP contribution >= 0.6 is 0 Å². The smallest absolute Gasteiger partial charge is 0.315 e. The largest absolute Gasteiger partial charge is 0.342 e. The fraction of sp³-hybridized carbons (Fsp3) is 0.857. The molecule has 0 aliphatic heterocycles. The van der Waals surface area contributed by atoms with Gasteiger partial charge >= 0.3 is 5.92 Å². The fourth-order valence-electron chi connectivity index (χ4n) is 0.553. The van der Waals surface area contributed by atoms with Gasteiger partial charge in [0.25, 0.3) is 0 Å². The van der Waals surface area contributed by atoms with Crippen molar-refractivity contribution in [2.24, 2.45) is 0 Å². The van der Waals surface area contributed by atoms with Crippen LogP contribution in [0.4, 0.5) is 26.3 Å². The summed E-state index contributed by atoms with van der Waals surface area (Å²) in [4.78, 5) is 1.42. The second kappa shape index (κ2) is 3.60. The standard InChI is InChI=1S/C4HF6.C3H9N/c5-2(6)1-3(7,8)4(2,9)10;1-4(2)3/h1H;1-3H3/q-1;/p+1. The SMILES string of the molecule is C[NH+](C)C.FC1(F)[CH-]C(F)(F)C1(F)F. The van der Waals surface area contributed by atoms with Gasteiger partial charge in [0.15, 0.2) is 0 Å². The number of hydrogen-bond donors (Lipinski definition) is 1. The van der Waals surface area contributed by atoms with E-state index in [1.54, 1.807) is 0 Å². The lowest BCUT2D eigenvalue weighted by Gasteiger charge is -2.53. The number of nitrogens with one attached hydrogen (secondary N) is 1. The zero-order valence-corrected chi connectivity index (χ0v) is 7.85. The van der Waals surface area contributed by atoms with Crippen LogP contribution in [-0.2, 0) is 0 Å². The lowest BCUT2D eigenvalue weighted by Crippen LogP contribution is -3.02. The first-order valence-electron chi connectivity index (χ1n) is 3.71. The second-order valence-electron chi connectivity index (χ2n) is 3.46. The summed E-state index contributed by atoms with van der Waals surface area (Å²) in [7, 11) is 6.25. The van der Waals surface area contributed by atoms with Gasteiger partial charge in [-0.3, -0.25) is 0 Å². The Morgan fingerprint density at radius 1 is 0.786 bits per heavy atom. The van der Waals surface area contributed by atoms with Crippen LogP contribution in [0.15, 0.2) is 0 Å². The van der Waals surface area contributed by atoms with E-state index in [1.807, 2.05) is 0 Å². The van der Waals surface area contributed by atoms with E-state index in [-0.39, 0.29) is 0 Å². The zero-order chi connectivity index (χ0) is 11.8. The molecule has 1 aliphatic rings. The summed E-state index contributed by atoms with van der Waals surface area (Å²) in [5, 5.41) is 0. The normalized spacial score (nSPS) is 26.1. The first-order chi connectivity index (χ1) is 5.94. The quantitative estimate of drug-likeness (QED) is 0.459. The van der Waals surface area contributed by atoms with Crippen LogP contribution in [-0.4, -0.2) is 38.9 Å². The number of rotatable bonds is 0. The Morgan fingerprint density at radius 3 is 1.00 bits per heavy atom. The van der Waals surface area contributed by atoms with Crippen molar-refractivity contribution in [1.82, 2.24) is 0 Å². The predicted molar refractivity (Wildman–Crippen MR) is 37.9 cm³/mol. The summed E-state index contributed by atoms with van der Waals surface area (Å²) in [6.45, 7) is 0. The molecule has 0 atom stereocenters. The molecule has 0 aromatic carbocycles. The Hall–Kier alpha value is -0.460. The van der Waals surface area contributed by atoms with Crippen molar-refractivity contribution < 1.29 is 31.2 Å². The number of hydrogen-bond acceptors (Lipinski definition) is 0. The van der Waals surface area contributed by atoms with Gasteiger partial charge in [0.2, 0.25) is 11.8 Å². The van der Waals surface area contributed by atoms with Crippen molar-refractivity contribution in [3.05, 3.63) is 6.42 Å². The highest BCUT2D eigenvalue weighted by Crippen LogP contribution is 2.59. The first-order valence-corrected chi connectivity index (χ1v) is 3.71. The fourth-order valence-corrected chi connectivity index (χ4v) is 0.553. The van der Waals surface area contributed by atoms with Crippen LogP contribution in [0.5, 0.6) is 0 Å². The third kappa shape index (κ3) is 2.31. The van der Waals surface area contributed by atoms with Crippen molar-refractivity contribution in [3.63, 3.8) is 0 Å². The molecule has 1 nitrogen and oxygen atoms in total. The Balaban J connectivity index is 0.000000364. The average molecular weight is 223 g/mol. The molecule has 1 aliphatic carbocycles. The monoisotopic (exact) mass is 223 g/mol. The molecular weight excluding hydrogens is 212 g/mol. The first kappa shape index (κ1) is 13.5. The highest BCUT2D eigenvalue weighted by atomic mass is 19.4. The summed E-state index contributed by atoms with van der Waals surface area (Å²) in [6.07, 6.45) is -0.958. The minimum Gasteiger partial charge on any atom is -0.342 e. The van der Waals surface area contributed by atoms with Gasteiger partial charge in [0.1, 0.15) is 0 Å². The maximum absolute atomic E-state index is 11.6. The maximum atomic E-state index is 11.6. The van der Waals surface area contributed by atoms with Gasteiger partial charge in [-0.15, -0.1) is 0 Å². The van der Waals surface area contributed by atoms with E-state index in [2.05, 4.69) is 21.1 Å². The summed E-state index contributed by atoms with van der Waals surface area (Å²) >= 11 is 0. The van der Waals surface area contributed by atoms with Gasteiger partial charge in [-0.05, 0) is 0 Å². The van der Waals surface area contributed by atoms with Gasteiger partial charge in [0, 0.05) is 0 Å². The van der Waals surface area contributed by atoms with E-state index in [0.29, 0.717) is 0 Å². The molecule has 0 heterocycles. The van der Waals surface area contributed by atoms with Gasteiger partial charge in [-0.1, -0.05) is 0 Å². The Bertz CT molecular complexity index is 182. The third-order valence-corrected chi connectivity index (χ3v) is 1.20. The molecule has 1 N–H and O–H groups in total. The number of alkyl halides is 6. The Kier molecular flexibility index (Phi) is 3.48. The summed E-state index contributed by atoms with van der Waals surface area (Å²) in [5.41, 5.74) is 0. The molecule has 1 fully saturated rings. The zero-order valence-electron chi connectivity index (χ0n) is 7.85. The molecule has 1 rings (SSSR count). The molecule has 0 aromatic heterocycles. The lowest BCUT2D eigenvalue weighted by molar-refractivity contribution is -0.836. The minimum absolute atomic E-state index is 0.958. The highest BCUT2D eigenvalue weighted by Gasteiger charge is 2.73. The van der Waals surface area contributed by atoms with Crippen molar-refractivity contribution >= 4 is 0 Å². The molecule has 0 radical (unpaired) electrons. The molecule has 0 saturated heterocycles. The van der Waals surface area contributed by atoms with Crippen LogP contribution in [0.2, 0.25) is 0 Å². The molecule has 0 aromatic rings. The van der Waals surface area contributed by atoms with E-state index in [1.165, 1.54) is 4.90 Å². The van der Waals surface area contributed by atoms with Crippen LogP contribution in [0.25, 0.3) is 0 Å². The highest BCUT2D eigenvalue weighted by molar-refractivity contribution is 5.23. The molecule has 7 heteroatoms. The maximum Gasteiger partial charge on any atom is 0.315 e. The summed E-state index contributed by atoms with van der Waals surface area (Å²) in [6, 6.07) is 0. The molecule has 0 bridgehead atoms. The molecule has 14 heavy (non-hydrogen) atoms. The summed E-state index contributed by atoms with van der Waals surface area (Å²) in [5.74, 6) is -14.5. The molecule has 0 unspecified atom stereocenters. The van der Waals surface area contributed by atoms with Crippen LogP contribution in [0, 0.1) is 6.42 Å². The van der Waals surface area contributed by atoms with E-state index < -0.39 is 24.2 Å². The number of halogens is 6. The molecule has 0 amide bonds. The average Bonchev–Trinajstić information content (AvgIpc) is 1.81. The van der Waals surface area contributed by atoms with Gasteiger partial charge in [-0.25, -0.2) is 17.6 Å². The van der Waals surface area contributed by atoms with E-state index in [9.17, 15) is 26.3 Å². The van der Waals surface area contributed by atoms with Crippen LogP contribution < -0.4 is 4.90 Å². The van der Waals surface area contributed by atoms with Crippen LogP contribution in [0.1, 0.15) is 0 Å². The van der Waals surface area contributed by atoms with Crippen LogP contribution in [0.3, 0.4) is 0 Å². The van der Waals surface area contributed by atoms with Crippen molar-refractivity contribution in [3.8, 4) is 0 Å². The Labute approximate surface area is 77.7 Å². The molecule has 1 saturated carbocycles. The molecular formula is C7H11F6N. The summed E-state index contributed by atoms with van der Waals surface area (Å²) < 4.78 is 69.2. The molecule has 86 valence electrons. The topological polar surface area (TPSA) is 4.44 Å². The van der Waals surface area contributed by atoms with Crippen molar-refractivity contribution in [2.45, 2.75) is 17.8 Å². The lowest BCUT2D eigenvalue weighted by atomic mass is 9.84. The second-order valence-corrected chi connectivity index (χ2v) is 3.46. The van der Waals surface area contributed by atoms with Gasteiger partial charge in [-0.2, -0.15) is 15.2 Å². The molecule has 0 spiro atoms. The Morgan fingerprint density at radius 2 is 1.00 bits per heavy atom. The van der Waals surface area contributed by atoms with Crippen molar-refractivity contribution in [2.75, 3.05) is 21.1 Å². The predicted octanol–water partition coefficient (Wildman–Crippen LogP) is 0.871.